The molecule has 0 bridgehead atoms. The van der Waals surface area contributed by atoms with Gasteiger partial charge in [0, 0.05) is 22.6 Å². The van der Waals surface area contributed by atoms with Crippen LogP contribution in [-0.4, -0.2) is 12.5 Å². The smallest absolute Gasteiger partial charge is 0.228 e. The number of halogens is 1. The van der Waals surface area contributed by atoms with Crippen molar-refractivity contribution in [1.29, 1.82) is 0 Å². The van der Waals surface area contributed by atoms with Crippen molar-refractivity contribution >= 4 is 27.5 Å². The van der Waals surface area contributed by atoms with E-state index in [0.717, 1.165) is 22.1 Å². The van der Waals surface area contributed by atoms with Gasteiger partial charge in [0.15, 0.2) is 0 Å². The molecule has 0 heterocycles. The molecule has 3 N–H and O–H groups in total. The Morgan fingerprint density at radius 1 is 1.56 bits per heavy atom. The summed E-state index contributed by atoms with van der Waals surface area (Å²) < 4.78 is 1.02. The van der Waals surface area contributed by atoms with Crippen molar-refractivity contribution in [2.45, 2.75) is 20.3 Å². The summed E-state index contributed by atoms with van der Waals surface area (Å²) in [5.41, 5.74) is 7.44. The minimum atomic E-state index is -0.159. The molecule has 0 saturated carbocycles. The molecule has 1 unspecified atom stereocenters. The molecule has 0 aliphatic heterocycles. The average Bonchev–Trinajstić information content (AvgIpc) is 2.30. The van der Waals surface area contributed by atoms with Gasteiger partial charge in [0.25, 0.3) is 0 Å². The van der Waals surface area contributed by atoms with Gasteiger partial charge in [-0.1, -0.05) is 29.8 Å². The molecular weight excluding hydrogens is 268 g/mol. The number of nitrogens with two attached hydrogens (primary N) is 1. The summed E-state index contributed by atoms with van der Waals surface area (Å²) in [7, 11) is 0. The Morgan fingerprint density at radius 3 is 2.81 bits per heavy atom. The normalized spacial score (nSPS) is 12.2. The number of nitrogens with one attached hydrogen (secondary N) is 1. The molecule has 0 fully saturated rings. The summed E-state index contributed by atoms with van der Waals surface area (Å²) in [5, 5.41) is 2.90. The van der Waals surface area contributed by atoms with Gasteiger partial charge in [-0.05, 0) is 30.2 Å². The van der Waals surface area contributed by atoms with E-state index >= 15 is 0 Å². The second-order valence-electron chi connectivity index (χ2n) is 3.78. The minimum absolute atomic E-state index is 0.0282. The van der Waals surface area contributed by atoms with Gasteiger partial charge in [-0.25, -0.2) is 0 Å². The van der Waals surface area contributed by atoms with E-state index in [1.54, 1.807) is 0 Å². The Bertz CT molecular complexity index is 379. The van der Waals surface area contributed by atoms with Crippen LogP contribution in [0.15, 0.2) is 22.7 Å². The number of carbonyl (C=O) groups excluding carboxylic acids is 1. The maximum absolute atomic E-state index is 11.7. The molecule has 1 aromatic rings. The molecule has 0 radical (unpaired) electrons. The Balaban J connectivity index is 2.84. The standard InChI is InChI=1S/C12H17BrN2O/c1-3-9-6-10(13)4-5-11(9)15-12(16)8(2)7-14/h4-6,8H,3,7,14H2,1-2H3,(H,15,16). The topological polar surface area (TPSA) is 55.1 Å². The lowest BCUT2D eigenvalue weighted by atomic mass is 10.1. The molecule has 0 spiro atoms. The van der Waals surface area contributed by atoms with E-state index in [-0.39, 0.29) is 11.8 Å². The highest BCUT2D eigenvalue weighted by atomic mass is 79.9. The summed E-state index contributed by atoms with van der Waals surface area (Å²) in [5.74, 6) is -0.187. The lowest BCUT2D eigenvalue weighted by molar-refractivity contribution is -0.119. The van der Waals surface area contributed by atoms with Crippen molar-refractivity contribution in [2.75, 3.05) is 11.9 Å². The monoisotopic (exact) mass is 284 g/mol. The lowest BCUT2D eigenvalue weighted by Crippen LogP contribution is -2.27. The fourth-order valence-corrected chi connectivity index (χ4v) is 1.75. The van der Waals surface area contributed by atoms with Gasteiger partial charge in [-0.3, -0.25) is 4.79 Å². The molecule has 1 rings (SSSR count). The van der Waals surface area contributed by atoms with Crippen molar-refractivity contribution in [3.05, 3.63) is 28.2 Å². The zero-order valence-corrected chi connectivity index (χ0v) is 11.2. The predicted octanol–water partition coefficient (Wildman–Crippen LogP) is 2.54. The van der Waals surface area contributed by atoms with Crippen LogP contribution in [0.4, 0.5) is 5.69 Å². The predicted molar refractivity (Wildman–Crippen MR) is 70.4 cm³/mol. The molecule has 0 aliphatic rings. The molecule has 16 heavy (non-hydrogen) atoms. The summed E-state index contributed by atoms with van der Waals surface area (Å²) >= 11 is 3.41. The zero-order chi connectivity index (χ0) is 12.1. The average molecular weight is 285 g/mol. The van der Waals surface area contributed by atoms with Gasteiger partial charge in [0.1, 0.15) is 0 Å². The van der Waals surface area contributed by atoms with Gasteiger partial charge in [0.2, 0.25) is 5.91 Å². The Hall–Kier alpha value is -0.870. The zero-order valence-electron chi connectivity index (χ0n) is 9.59. The second kappa shape index (κ2) is 6.01. The summed E-state index contributed by atoms with van der Waals surface area (Å²) in [6, 6.07) is 5.84. The maximum atomic E-state index is 11.7. The van der Waals surface area contributed by atoms with Gasteiger partial charge >= 0.3 is 0 Å². The first kappa shape index (κ1) is 13.2. The number of aryl methyl sites for hydroxylation is 1. The van der Waals surface area contributed by atoms with Gasteiger partial charge in [-0.2, -0.15) is 0 Å². The third kappa shape index (κ3) is 3.32. The van der Waals surface area contributed by atoms with Crippen LogP contribution in [0.1, 0.15) is 19.4 Å². The Labute approximate surface area is 105 Å². The van der Waals surface area contributed by atoms with Crippen LogP contribution >= 0.6 is 15.9 Å². The van der Waals surface area contributed by atoms with Crippen LogP contribution in [0.5, 0.6) is 0 Å². The van der Waals surface area contributed by atoms with E-state index in [1.807, 2.05) is 25.1 Å². The van der Waals surface area contributed by atoms with Crippen molar-refractivity contribution in [1.82, 2.24) is 0 Å². The number of rotatable bonds is 4. The Kier molecular flexibility index (Phi) is 4.96. The van der Waals surface area contributed by atoms with Crippen LogP contribution in [0.25, 0.3) is 0 Å². The minimum Gasteiger partial charge on any atom is -0.330 e. The van der Waals surface area contributed by atoms with Crippen LogP contribution in [0, 0.1) is 5.92 Å². The SMILES string of the molecule is CCc1cc(Br)ccc1NC(=O)C(C)CN. The highest BCUT2D eigenvalue weighted by Gasteiger charge is 2.12. The summed E-state index contributed by atoms with van der Waals surface area (Å²) in [6.45, 7) is 4.24. The fourth-order valence-electron chi connectivity index (χ4n) is 1.34. The molecule has 88 valence electrons. The van der Waals surface area contributed by atoms with Gasteiger partial charge in [-0.15, -0.1) is 0 Å². The molecular formula is C12H17BrN2O. The molecule has 0 saturated heterocycles. The molecule has 0 aliphatic carbocycles. The van der Waals surface area contributed by atoms with Gasteiger partial charge < -0.3 is 11.1 Å². The van der Waals surface area contributed by atoms with E-state index < -0.39 is 0 Å². The van der Waals surface area contributed by atoms with Crippen LogP contribution in [0.2, 0.25) is 0 Å². The summed E-state index contributed by atoms with van der Waals surface area (Å²) in [4.78, 5) is 11.7. The number of anilines is 1. The molecule has 0 aromatic heterocycles. The molecule has 4 heteroatoms. The third-order valence-corrected chi connectivity index (χ3v) is 3.00. The van der Waals surface area contributed by atoms with Crippen LogP contribution < -0.4 is 11.1 Å². The van der Waals surface area contributed by atoms with Crippen molar-refractivity contribution in [3.8, 4) is 0 Å². The van der Waals surface area contributed by atoms with Crippen LogP contribution in [-0.2, 0) is 11.2 Å². The number of hydrogen-bond acceptors (Lipinski definition) is 2. The first-order chi connectivity index (χ1) is 7.58. The highest BCUT2D eigenvalue weighted by Crippen LogP contribution is 2.21. The van der Waals surface area contributed by atoms with E-state index in [0.29, 0.717) is 6.54 Å². The number of amides is 1. The van der Waals surface area contributed by atoms with E-state index in [4.69, 9.17) is 5.73 Å². The van der Waals surface area contributed by atoms with Crippen molar-refractivity contribution < 1.29 is 4.79 Å². The van der Waals surface area contributed by atoms with E-state index in [1.165, 1.54) is 0 Å². The summed E-state index contributed by atoms with van der Waals surface area (Å²) in [6.07, 6.45) is 0.881. The number of benzene rings is 1. The maximum Gasteiger partial charge on any atom is 0.228 e. The molecule has 1 atom stereocenters. The molecule has 1 aromatic carbocycles. The molecule has 1 amide bonds. The van der Waals surface area contributed by atoms with Crippen LogP contribution in [0.3, 0.4) is 0 Å². The van der Waals surface area contributed by atoms with E-state index in [9.17, 15) is 4.79 Å². The van der Waals surface area contributed by atoms with Gasteiger partial charge in [0.05, 0.1) is 0 Å². The van der Waals surface area contributed by atoms with E-state index in [2.05, 4.69) is 28.2 Å². The lowest BCUT2D eigenvalue weighted by Gasteiger charge is -2.13. The second-order valence-corrected chi connectivity index (χ2v) is 4.70. The molecule has 3 nitrogen and oxygen atoms in total. The van der Waals surface area contributed by atoms with Crippen molar-refractivity contribution in [3.63, 3.8) is 0 Å². The number of carbonyl (C=O) groups is 1. The third-order valence-electron chi connectivity index (χ3n) is 2.51. The quantitative estimate of drug-likeness (QED) is 0.893. The fraction of sp³-hybridized carbons (Fsp3) is 0.417. The highest BCUT2D eigenvalue weighted by molar-refractivity contribution is 9.10. The first-order valence-electron chi connectivity index (χ1n) is 5.37. The van der Waals surface area contributed by atoms with Crippen molar-refractivity contribution in [2.24, 2.45) is 11.7 Å². The first-order valence-corrected chi connectivity index (χ1v) is 6.17. The number of hydrogen-bond donors (Lipinski definition) is 2. The largest absolute Gasteiger partial charge is 0.330 e. The Morgan fingerprint density at radius 2 is 2.25 bits per heavy atom.